The number of aromatic nitrogens is 1. The number of halogens is 1. The van der Waals surface area contributed by atoms with E-state index in [0.717, 1.165) is 5.56 Å². The highest BCUT2D eigenvalue weighted by molar-refractivity contribution is 7.89. The van der Waals surface area contributed by atoms with Crippen LogP contribution in [0.4, 0.5) is 5.82 Å². The van der Waals surface area contributed by atoms with Gasteiger partial charge in [0.15, 0.2) is 0 Å². The molecule has 1 aromatic carbocycles. The van der Waals surface area contributed by atoms with E-state index in [9.17, 15) is 8.42 Å². The molecule has 1 aromatic heterocycles. The predicted octanol–water partition coefficient (Wildman–Crippen LogP) is 1.80. The molecule has 2 aromatic rings. The minimum atomic E-state index is -3.65. The first-order valence-electron chi connectivity index (χ1n) is 5.43. The van der Waals surface area contributed by atoms with E-state index >= 15 is 0 Å². The molecular weight excluding hydrogens is 286 g/mol. The van der Waals surface area contributed by atoms with Crippen molar-refractivity contribution in [1.29, 1.82) is 0 Å². The summed E-state index contributed by atoms with van der Waals surface area (Å²) in [6.45, 7) is 0.200. The maximum Gasteiger partial charge on any atom is 0.242 e. The second-order valence-corrected chi connectivity index (χ2v) is 6.02. The maximum atomic E-state index is 12.0. The van der Waals surface area contributed by atoms with E-state index in [-0.39, 0.29) is 22.3 Å². The van der Waals surface area contributed by atoms with Gasteiger partial charge in [-0.15, -0.1) is 0 Å². The van der Waals surface area contributed by atoms with Crippen molar-refractivity contribution in [2.75, 3.05) is 5.73 Å². The van der Waals surface area contributed by atoms with Crippen molar-refractivity contribution in [1.82, 2.24) is 9.71 Å². The number of nitrogen functional groups attached to an aromatic ring is 1. The molecule has 2 rings (SSSR count). The Balaban J connectivity index is 2.16. The monoisotopic (exact) mass is 297 g/mol. The van der Waals surface area contributed by atoms with Gasteiger partial charge in [-0.2, -0.15) is 0 Å². The van der Waals surface area contributed by atoms with Crippen molar-refractivity contribution < 1.29 is 8.42 Å². The first-order valence-corrected chi connectivity index (χ1v) is 7.30. The summed E-state index contributed by atoms with van der Waals surface area (Å²) >= 11 is 5.76. The van der Waals surface area contributed by atoms with Gasteiger partial charge in [-0.3, -0.25) is 0 Å². The summed E-state index contributed by atoms with van der Waals surface area (Å²) < 4.78 is 26.5. The summed E-state index contributed by atoms with van der Waals surface area (Å²) in [7, 11) is -3.65. The Labute approximate surface area is 116 Å². The van der Waals surface area contributed by atoms with Crippen LogP contribution in [-0.4, -0.2) is 13.4 Å². The lowest BCUT2D eigenvalue weighted by molar-refractivity contribution is 0.581. The molecule has 0 aliphatic rings. The number of nitrogens with zero attached hydrogens (tertiary/aromatic N) is 1. The number of sulfonamides is 1. The fourth-order valence-corrected chi connectivity index (χ4v) is 2.65. The zero-order chi connectivity index (χ0) is 13.9. The van der Waals surface area contributed by atoms with Crippen LogP contribution in [0, 0.1) is 0 Å². The Hall–Kier alpha value is -1.63. The maximum absolute atomic E-state index is 12.0. The van der Waals surface area contributed by atoms with Crippen LogP contribution in [0.3, 0.4) is 0 Å². The Bertz CT molecular complexity index is 675. The minimum absolute atomic E-state index is 0.0115. The third kappa shape index (κ3) is 3.44. The van der Waals surface area contributed by atoms with Crippen LogP contribution in [0.2, 0.25) is 5.02 Å². The van der Waals surface area contributed by atoms with Gasteiger partial charge in [0.2, 0.25) is 10.0 Å². The SMILES string of the molecule is Nc1ncc(S(=O)(=O)NCc2ccccc2)cc1Cl. The molecule has 0 atom stereocenters. The molecule has 0 radical (unpaired) electrons. The zero-order valence-electron chi connectivity index (χ0n) is 9.88. The van der Waals surface area contributed by atoms with E-state index in [4.69, 9.17) is 17.3 Å². The normalized spacial score (nSPS) is 11.4. The highest BCUT2D eigenvalue weighted by Gasteiger charge is 2.15. The molecule has 100 valence electrons. The number of nitrogens with one attached hydrogen (secondary N) is 1. The Morgan fingerprint density at radius 2 is 1.95 bits per heavy atom. The van der Waals surface area contributed by atoms with Crippen molar-refractivity contribution in [3.8, 4) is 0 Å². The highest BCUT2D eigenvalue weighted by Crippen LogP contribution is 2.19. The smallest absolute Gasteiger partial charge is 0.242 e. The lowest BCUT2D eigenvalue weighted by Gasteiger charge is -2.07. The van der Waals surface area contributed by atoms with Gasteiger partial charge in [0.1, 0.15) is 10.7 Å². The van der Waals surface area contributed by atoms with Gasteiger partial charge in [-0.05, 0) is 11.6 Å². The molecule has 3 N–H and O–H groups in total. The third-order valence-corrected chi connectivity index (χ3v) is 4.13. The van der Waals surface area contributed by atoms with Crippen LogP contribution in [-0.2, 0) is 16.6 Å². The van der Waals surface area contributed by atoms with Crippen LogP contribution < -0.4 is 10.5 Å². The fraction of sp³-hybridized carbons (Fsp3) is 0.0833. The number of nitrogens with two attached hydrogens (primary N) is 1. The van der Waals surface area contributed by atoms with E-state index in [2.05, 4.69) is 9.71 Å². The van der Waals surface area contributed by atoms with E-state index < -0.39 is 10.0 Å². The van der Waals surface area contributed by atoms with Gasteiger partial charge in [0.05, 0.1) is 5.02 Å². The quantitative estimate of drug-likeness (QED) is 0.901. The molecule has 0 amide bonds. The first-order chi connectivity index (χ1) is 8.99. The molecule has 0 aliphatic carbocycles. The summed E-state index contributed by atoms with van der Waals surface area (Å²) in [6, 6.07) is 10.5. The second-order valence-electron chi connectivity index (χ2n) is 3.85. The summed E-state index contributed by atoms with van der Waals surface area (Å²) in [5.41, 5.74) is 6.30. The molecule has 0 saturated carbocycles. The Kier molecular flexibility index (Phi) is 4.04. The number of pyridine rings is 1. The summed E-state index contributed by atoms with van der Waals surface area (Å²) in [4.78, 5) is 3.72. The molecule has 0 saturated heterocycles. The van der Waals surface area contributed by atoms with Gasteiger partial charge in [0, 0.05) is 12.7 Å². The molecule has 0 spiro atoms. The molecule has 0 fully saturated rings. The van der Waals surface area contributed by atoms with E-state index in [1.165, 1.54) is 12.3 Å². The lowest BCUT2D eigenvalue weighted by Crippen LogP contribution is -2.23. The van der Waals surface area contributed by atoms with Crippen LogP contribution in [0.5, 0.6) is 0 Å². The molecule has 0 aliphatic heterocycles. The summed E-state index contributed by atoms with van der Waals surface area (Å²) in [5, 5.41) is 0.114. The van der Waals surface area contributed by atoms with Crippen molar-refractivity contribution >= 4 is 27.4 Å². The number of hydrogen-bond donors (Lipinski definition) is 2. The summed E-state index contributed by atoms with van der Waals surface area (Å²) in [5.74, 6) is 0.101. The largest absolute Gasteiger partial charge is 0.382 e. The molecule has 0 unspecified atom stereocenters. The number of rotatable bonds is 4. The third-order valence-electron chi connectivity index (χ3n) is 2.46. The van der Waals surface area contributed by atoms with Crippen LogP contribution in [0.25, 0.3) is 0 Å². The van der Waals surface area contributed by atoms with Crippen LogP contribution in [0.15, 0.2) is 47.5 Å². The zero-order valence-corrected chi connectivity index (χ0v) is 11.4. The average Bonchev–Trinajstić information content (AvgIpc) is 2.41. The number of hydrogen-bond acceptors (Lipinski definition) is 4. The van der Waals surface area contributed by atoms with Crippen molar-refractivity contribution in [3.63, 3.8) is 0 Å². The first kappa shape index (κ1) is 13.8. The minimum Gasteiger partial charge on any atom is -0.382 e. The molecule has 0 bridgehead atoms. The van der Waals surface area contributed by atoms with E-state index in [1.54, 1.807) is 0 Å². The molecule has 7 heteroatoms. The van der Waals surface area contributed by atoms with Gasteiger partial charge in [-0.1, -0.05) is 41.9 Å². The van der Waals surface area contributed by atoms with E-state index in [1.807, 2.05) is 30.3 Å². The molecule has 19 heavy (non-hydrogen) atoms. The Morgan fingerprint density at radius 3 is 2.58 bits per heavy atom. The Morgan fingerprint density at radius 1 is 1.26 bits per heavy atom. The molecule has 5 nitrogen and oxygen atoms in total. The van der Waals surface area contributed by atoms with Gasteiger partial charge in [-0.25, -0.2) is 18.1 Å². The second kappa shape index (κ2) is 5.56. The highest BCUT2D eigenvalue weighted by atomic mass is 35.5. The molecule has 1 heterocycles. The van der Waals surface area contributed by atoms with Crippen molar-refractivity contribution in [3.05, 3.63) is 53.2 Å². The standard InChI is InChI=1S/C12H12ClN3O2S/c13-11-6-10(8-15-12(11)14)19(17,18)16-7-9-4-2-1-3-5-9/h1-6,8,16H,7H2,(H2,14,15). The van der Waals surface area contributed by atoms with Crippen molar-refractivity contribution in [2.24, 2.45) is 0 Å². The van der Waals surface area contributed by atoms with Gasteiger partial charge < -0.3 is 5.73 Å². The van der Waals surface area contributed by atoms with Gasteiger partial charge in [0.25, 0.3) is 0 Å². The predicted molar refractivity (Wildman–Crippen MR) is 74.1 cm³/mol. The number of anilines is 1. The topological polar surface area (TPSA) is 85.1 Å². The van der Waals surface area contributed by atoms with Crippen LogP contribution in [0.1, 0.15) is 5.56 Å². The van der Waals surface area contributed by atoms with Crippen LogP contribution >= 0.6 is 11.6 Å². The van der Waals surface area contributed by atoms with E-state index in [0.29, 0.717) is 0 Å². The number of benzene rings is 1. The fourth-order valence-electron chi connectivity index (χ4n) is 1.44. The van der Waals surface area contributed by atoms with Gasteiger partial charge >= 0.3 is 0 Å². The van der Waals surface area contributed by atoms with Crippen molar-refractivity contribution in [2.45, 2.75) is 11.4 Å². The molecular formula is C12H12ClN3O2S. The lowest BCUT2D eigenvalue weighted by atomic mass is 10.2. The summed E-state index contributed by atoms with van der Waals surface area (Å²) in [6.07, 6.45) is 1.18. The average molecular weight is 298 g/mol.